The lowest BCUT2D eigenvalue weighted by Crippen LogP contribution is -2.30. The van der Waals surface area contributed by atoms with E-state index in [-0.39, 0.29) is 37.5 Å². The van der Waals surface area contributed by atoms with E-state index in [1.165, 1.54) is 89.9 Å². The Morgan fingerprint density at radius 2 is 0.695 bits per heavy atom. The number of rotatable bonds is 43. The molecular weight excluding hydrogens is 733 g/mol. The van der Waals surface area contributed by atoms with Crippen LogP contribution in [-0.4, -0.2) is 37.2 Å². The molecule has 0 fully saturated rings. The van der Waals surface area contributed by atoms with Crippen molar-refractivity contribution in [1.82, 2.24) is 0 Å². The van der Waals surface area contributed by atoms with Crippen molar-refractivity contribution in [3.05, 3.63) is 72.9 Å². The highest BCUT2D eigenvalue weighted by molar-refractivity contribution is 5.71. The van der Waals surface area contributed by atoms with Crippen LogP contribution >= 0.6 is 0 Å². The smallest absolute Gasteiger partial charge is 0.306 e. The first-order chi connectivity index (χ1) is 29.0. The highest BCUT2D eigenvalue weighted by Gasteiger charge is 2.19. The summed E-state index contributed by atoms with van der Waals surface area (Å²) in [4.78, 5) is 37.8. The second-order valence-corrected chi connectivity index (χ2v) is 16.0. The lowest BCUT2D eigenvalue weighted by molar-refractivity contribution is -0.167. The molecule has 6 heteroatoms. The predicted molar refractivity (Wildman–Crippen MR) is 251 cm³/mol. The minimum atomic E-state index is -0.797. The molecule has 0 radical (unpaired) electrons. The minimum Gasteiger partial charge on any atom is -0.462 e. The first-order valence-electron chi connectivity index (χ1n) is 24.4. The van der Waals surface area contributed by atoms with Crippen LogP contribution in [0.15, 0.2) is 72.9 Å². The maximum absolute atomic E-state index is 12.7. The molecule has 0 aromatic rings. The van der Waals surface area contributed by atoms with Crippen molar-refractivity contribution in [2.75, 3.05) is 13.2 Å². The van der Waals surface area contributed by atoms with E-state index in [2.05, 4.69) is 93.7 Å². The molecule has 0 rings (SSSR count). The average molecular weight is 823 g/mol. The summed E-state index contributed by atoms with van der Waals surface area (Å²) < 4.78 is 16.7. The maximum Gasteiger partial charge on any atom is 0.306 e. The van der Waals surface area contributed by atoms with Crippen LogP contribution in [0.4, 0.5) is 0 Å². The normalized spacial score (nSPS) is 12.7. The fourth-order valence-electron chi connectivity index (χ4n) is 6.52. The standard InChI is InChI=1S/C53H90O6/c1-4-7-10-13-16-19-22-24-25-26-27-29-31-34-37-40-43-46-52(55)58-49-50(48-57-51(54)45-42-39-36-33-30-21-18-15-12-9-6-3)59-53(56)47-44-41-38-35-32-28-23-20-17-14-11-8-5-2/h7,10,15-16,18-19,24-25,27,29,34,37,50H,4-6,8-9,11-14,17,20-23,26,28,30-33,35-36,38-49H2,1-3H3/b10-7-,18-15-,19-16-,25-24-,29-27-,37-34-/t50-/m1/s1. The van der Waals surface area contributed by atoms with E-state index in [0.717, 1.165) is 89.9 Å². The Balaban J connectivity index is 4.47. The number of carbonyl (C=O) groups excluding carboxylic acids is 3. The van der Waals surface area contributed by atoms with E-state index in [4.69, 9.17) is 14.2 Å². The molecule has 0 amide bonds. The molecule has 0 heterocycles. The summed E-state index contributed by atoms with van der Waals surface area (Å²) in [6, 6.07) is 0. The van der Waals surface area contributed by atoms with Crippen molar-refractivity contribution in [1.29, 1.82) is 0 Å². The van der Waals surface area contributed by atoms with Gasteiger partial charge in [-0.25, -0.2) is 0 Å². The third-order valence-electron chi connectivity index (χ3n) is 10.2. The zero-order valence-electron chi connectivity index (χ0n) is 38.5. The van der Waals surface area contributed by atoms with E-state index >= 15 is 0 Å². The van der Waals surface area contributed by atoms with Gasteiger partial charge in [-0.2, -0.15) is 0 Å². The molecule has 1 atom stereocenters. The number of hydrogen-bond donors (Lipinski definition) is 0. The predicted octanol–water partition coefficient (Wildman–Crippen LogP) is 15.9. The van der Waals surface area contributed by atoms with Crippen LogP contribution in [-0.2, 0) is 28.6 Å². The zero-order valence-corrected chi connectivity index (χ0v) is 38.5. The Morgan fingerprint density at radius 1 is 0.356 bits per heavy atom. The molecule has 0 aliphatic rings. The van der Waals surface area contributed by atoms with Gasteiger partial charge in [0.05, 0.1) is 0 Å². The molecule has 6 nitrogen and oxygen atoms in total. The van der Waals surface area contributed by atoms with Gasteiger partial charge in [-0.1, -0.05) is 203 Å². The molecule has 0 bridgehead atoms. The van der Waals surface area contributed by atoms with Gasteiger partial charge in [-0.05, 0) is 77.0 Å². The van der Waals surface area contributed by atoms with E-state index in [0.29, 0.717) is 19.3 Å². The van der Waals surface area contributed by atoms with Crippen LogP contribution in [0.1, 0.15) is 226 Å². The highest BCUT2D eigenvalue weighted by atomic mass is 16.6. The Hall–Kier alpha value is -3.15. The Bertz CT molecular complexity index is 1130. The maximum atomic E-state index is 12.7. The third-order valence-corrected chi connectivity index (χ3v) is 10.2. The second-order valence-electron chi connectivity index (χ2n) is 16.0. The fourth-order valence-corrected chi connectivity index (χ4v) is 6.52. The fraction of sp³-hybridized carbons (Fsp3) is 0.717. The molecule has 338 valence electrons. The van der Waals surface area contributed by atoms with Crippen molar-refractivity contribution in [3.8, 4) is 0 Å². The Morgan fingerprint density at radius 3 is 1.17 bits per heavy atom. The average Bonchev–Trinajstić information content (AvgIpc) is 3.23. The van der Waals surface area contributed by atoms with Gasteiger partial charge in [0.15, 0.2) is 6.10 Å². The van der Waals surface area contributed by atoms with Gasteiger partial charge in [0, 0.05) is 19.3 Å². The third kappa shape index (κ3) is 45.8. The van der Waals surface area contributed by atoms with Crippen molar-refractivity contribution in [2.45, 2.75) is 232 Å². The molecule has 0 aromatic carbocycles. The summed E-state index contributed by atoms with van der Waals surface area (Å²) >= 11 is 0. The molecule has 0 saturated carbocycles. The summed E-state index contributed by atoms with van der Waals surface area (Å²) in [7, 11) is 0. The largest absolute Gasteiger partial charge is 0.462 e. The molecule has 0 aliphatic heterocycles. The van der Waals surface area contributed by atoms with Crippen molar-refractivity contribution < 1.29 is 28.6 Å². The van der Waals surface area contributed by atoms with Gasteiger partial charge < -0.3 is 14.2 Å². The number of hydrogen-bond acceptors (Lipinski definition) is 6. The molecule has 0 unspecified atom stereocenters. The van der Waals surface area contributed by atoms with Gasteiger partial charge in [-0.15, -0.1) is 0 Å². The monoisotopic (exact) mass is 823 g/mol. The van der Waals surface area contributed by atoms with Crippen LogP contribution in [0.3, 0.4) is 0 Å². The number of ether oxygens (including phenoxy) is 3. The first-order valence-corrected chi connectivity index (χ1v) is 24.4. The summed E-state index contributed by atoms with van der Waals surface area (Å²) in [5.74, 6) is -0.966. The van der Waals surface area contributed by atoms with Crippen molar-refractivity contribution in [2.24, 2.45) is 0 Å². The summed E-state index contributed by atoms with van der Waals surface area (Å²) in [5.41, 5.74) is 0. The molecule has 59 heavy (non-hydrogen) atoms. The molecule has 0 aromatic heterocycles. The quantitative estimate of drug-likeness (QED) is 0.0264. The van der Waals surface area contributed by atoms with Gasteiger partial charge in [-0.3, -0.25) is 14.4 Å². The minimum absolute atomic E-state index is 0.0964. The Kier molecular flexibility index (Phi) is 45.0. The van der Waals surface area contributed by atoms with Crippen LogP contribution in [0.5, 0.6) is 0 Å². The first kappa shape index (κ1) is 55.9. The lowest BCUT2D eigenvalue weighted by Gasteiger charge is -2.18. The number of allylic oxidation sites excluding steroid dienone is 12. The second kappa shape index (κ2) is 47.5. The van der Waals surface area contributed by atoms with Gasteiger partial charge in [0.1, 0.15) is 13.2 Å². The van der Waals surface area contributed by atoms with E-state index in [1.807, 2.05) is 0 Å². The van der Waals surface area contributed by atoms with Crippen LogP contribution < -0.4 is 0 Å². The topological polar surface area (TPSA) is 78.9 Å². The highest BCUT2D eigenvalue weighted by Crippen LogP contribution is 2.14. The zero-order chi connectivity index (χ0) is 43.0. The molecule has 0 spiro atoms. The van der Waals surface area contributed by atoms with Crippen LogP contribution in [0.2, 0.25) is 0 Å². The number of carbonyl (C=O) groups is 3. The molecular formula is C53H90O6. The van der Waals surface area contributed by atoms with Crippen molar-refractivity contribution >= 4 is 17.9 Å². The lowest BCUT2D eigenvalue weighted by atomic mass is 10.0. The molecule has 0 N–H and O–H groups in total. The number of unbranched alkanes of at least 4 members (excludes halogenated alkanes) is 20. The summed E-state index contributed by atoms with van der Waals surface area (Å²) in [6.45, 7) is 6.42. The Labute approximate surface area is 363 Å². The van der Waals surface area contributed by atoms with Gasteiger partial charge in [0.2, 0.25) is 0 Å². The van der Waals surface area contributed by atoms with Gasteiger partial charge >= 0.3 is 17.9 Å². The molecule has 0 saturated heterocycles. The van der Waals surface area contributed by atoms with Crippen LogP contribution in [0.25, 0.3) is 0 Å². The molecule has 0 aliphatic carbocycles. The van der Waals surface area contributed by atoms with E-state index in [1.54, 1.807) is 0 Å². The number of esters is 3. The van der Waals surface area contributed by atoms with E-state index < -0.39 is 6.10 Å². The van der Waals surface area contributed by atoms with Gasteiger partial charge in [0.25, 0.3) is 0 Å². The SMILES string of the molecule is CC/C=C\C/C=C\C/C=C\C/C=C\C/C=C\CCCC(=O)OC[C@@H](COC(=O)CCCCCCC/C=C\CCCC)OC(=O)CCCCCCCCCCCCCCC. The summed E-state index contributed by atoms with van der Waals surface area (Å²) in [6.07, 6.45) is 58.9. The van der Waals surface area contributed by atoms with Crippen molar-refractivity contribution in [3.63, 3.8) is 0 Å². The van der Waals surface area contributed by atoms with Crippen LogP contribution in [0, 0.1) is 0 Å². The van der Waals surface area contributed by atoms with E-state index in [9.17, 15) is 14.4 Å². The summed E-state index contributed by atoms with van der Waals surface area (Å²) in [5, 5.41) is 0.